The zero-order valence-corrected chi connectivity index (χ0v) is 22.4. The largest absolute Gasteiger partial charge is 0.418 e. The first-order valence-electron chi connectivity index (χ1n) is 13.3. The Labute approximate surface area is 230 Å². The van der Waals surface area contributed by atoms with Gasteiger partial charge in [-0.25, -0.2) is 0 Å². The highest BCUT2D eigenvalue weighted by Crippen LogP contribution is 2.43. The molecule has 2 aliphatic heterocycles. The average Bonchev–Trinajstić information content (AvgIpc) is 3.42. The fraction of sp³-hybridized carbons (Fsp3) is 0.290. The number of carbonyl (C=O) groups is 1. The third-order valence-electron chi connectivity index (χ3n) is 7.99. The molecule has 9 heteroatoms. The molecule has 4 aromatic rings. The Morgan fingerprint density at radius 3 is 2.48 bits per heavy atom. The van der Waals surface area contributed by atoms with Gasteiger partial charge < -0.3 is 19.7 Å². The first kappa shape index (κ1) is 26.1. The molecule has 0 aliphatic carbocycles. The molecule has 2 aromatic heterocycles. The van der Waals surface area contributed by atoms with Crippen molar-refractivity contribution in [2.45, 2.75) is 18.5 Å². The number of aromatic amines is 1. The summed E-state index contributed by atoms with van der Waals surface area (Å²) in [5, 5.41) is 1.08. The van der Waals surface area contributed by atoms with Crippen LogP contribution in [0.4, 0.5) is 18.9 Å². The van der Waals surface area contributed by atoms with Gasteiger partial charge in [0.05, 0.1) is 11.3 Å². The molecule has 2 aromatic carbocycles. The van der Waals surface area contributed by atoms with Crippen LogP contribution in [0.25, 0.3) is 27.6 Å². The fourth-order valence-corrected chi connectivity index (χ4v) is 5.66. The van der Waals surface area contributed by atoms with Crippen LogP contribution in [0.5, 0.6) is 0 Å². The van der Waals surface area contributed by atoms with Crippen LogP contribution in [-0.2, 0) is 11.0 Å². The Bertz CT molecular complexity index is 1600. The maximum Gasteiger partial charge on any atom is 0.418 e. The number of carbonyl (C=O) groups excluding carboxylic acids is 1. The second-order valence-electron chi connectivity index (χ2n) is 10.6. The molecule has 1 saturated heterocycles. The number of likely N-dealkylation sites (N-methyl/N-ethyl adjacent to an activating group) is 1. The van der Waals surface area contributed by atoms with Crippen LogP contribution in [0.2, 0.25) is 0 Å². The summed E-state index contributed by atoms with van der Waals surface area (Å²) in [5.74, 6) is -0.708. The minimum atomic E-state index is -4.52. The SMILES string of the molecule is CN1CCN(c2ccc(C3CC(=O)N(C)C=C3c3cc(-c4ccc5[nH]ccc5c4)ccn3)cc2C(F)(F)F)CC1. The number of piperazine rings is 1. The summed E-state index contributed by atoms with van der Waals surface area (Å²) in [5.41, 5.74) is 4.31. The van der Waals surface area contributed by atoms with E-state index in [-0.39, 0.29) is 18.0 Å². The Morgan fingerprint density at radius 1 is 0.925 bits per heavy atom. The number of benzene rings is 2. The number of H-pyrrole nitrogens is 1. The molecule has 206 valence electrons. The van der Waals surface area contributed by atoms with Crippen molar-refractivity contribution in [3.8, 4) is 11.1 Å². The van der Waals surface area contributed by atoms with Crippen molar-refractivity contribution in [2.24, 2.45) is 0 Å². The van der Waals surface area contributed by atoms with Crippen molar-refractivity contribution in [2.75, 3.05) is 45.2 Å². The summed E-state index contributed by atoms with van der Waals surface area (Å²) < 4.78 is 43.1. The van der Waals surface area contributed by atoms with Gasteiger partial charge >= 0.3 is 6.18 Å². The molecule has 1 N–H and O–H groups in total. The van der Waals surface area contributed by atoms with Gasteiger partial charge in [-0.05, 0) is 71.6 Å². The van der Waals surface area contributed by atoms with Gasteiger partial charge in [-0.15, -0.1) is 0 Å². The Hall–Kier alpha value is -4.11. The lowest BCUT2D eigenvalue weighted by molar-refractivity contribution is -0.137. The third kappa shape index (κ3) is 4.97. The smallest absolute Gasteiger partial charge is 0.368 e. The second-order valence-corrected chi connectivity index (χ2v) is 10.6. The van der Waals surface area contributed by atoms with E-state index in [0.717, 1.165) is 22.0 Å². The lowest BCUT2D eigenvalue weighted by atomic mass is 9.83. The predicted octanol–water partition coefficient (Wildman–Crippen LogP) is 5.99. The van der Waals surface area contributed by atoms with Crippen LogP contribution in [-0.4, -0.2) is 65.9 Å². The quantitative estimate of drug-likeness (QED) is 0.343. The summed E-state index contributed by atoms with van der Waals surface area (Å²) in [6.45, 7) is 2.47. The van der Waals surface area contributed by atoms with Crippen molar-refractivity contribution in [1.82, 2.24) is 19.8 Å². The molecule has 0 saturated carbocycles. The summed E-state index contributed by atoms with van der Waals surface area (Å²) in [7, 11) is 3.64. The molecule has 6 rings (SSSR count). The lowest BCUT2D eigenvalue weighted by Crippen LogP contribution is -2.45. The number of hydrogen-bond donors (Lipinski definition) is 1. The number of nitrogens with one attached hydrogen (secondary N) is 1. The number of amides is 1. The summed E-state index contributed by atoms with van der Waals surface area (Å²) in [6, 6.07) is 16.5. The van der Waals surface area contributed by atoms with Gasteiger partial charge in [0.2, 0.25) is 5.91 Å². The zero-order chi connectivity index (χ0) is 28.0. The van der Waals surface area contributed by atoms with E-state index >= 15 is 0 Å². The molecule has 1 atom stereocenters. The van der Waals surface area contributed by atoms with E-state index in [4.69, 9.17) is 0 Å². The topological polar surface area (TPSA) is 55.5 Å². The van der Waals surface area contributed by atoms with Crippen LogP contribution in [0.3, 0.4) is 0 Å². The summed E-state index contributed by atoms with van der Waals surface area (Å²) in [6.07, 6.45) is 0.843. The van der Waals surface area contributed by atoms with Gasteiger partial charge in [-0.2, -0.15) is 13.2 Å². The fourth-order valence-electron chi connectivity index (χ4n) is 5.66. The van der Waals surface area contributed by atoms with Gasteiger partial charge in [0.1, 0.15) is 0 Å². The molecule has 40 heavy (non-hydrogen) atoms. The number of aromatic nitrogens is 2. The number of anilines is 1. The number of pyridine rings is 1. The number of fused-ring (bicyclic) bond motifs is 1. The Morgan fingerprint density at radius 2 is 1.70 bits per heavy atom. The predicted molar refractivity (Wildman–Crippen MR) is 151 cm³/mol. The minimum Gasteiger partial charge on any atom is -0.368 e. The molecule has 0 spiro atoms. The van der Waals surface area contributed by atoms with E-state index < -0.39 is 17.7 Å². The number of halogens is 3. The number of alkyl halides is 3. The van der Waals surface area contributed by atoms with Gasteiger partial charge in [0.15, 0.2) is 0 Å². The first-order chi connectivity index (χ1) is 19.2. The van der Waals surface area contributed by atoms with Crippen molar-refractivity contribution in [3.05, 3.63) is 90.0 Å². The number of hydrogen-bond acceptors (Lipinski definition) is 4. The van der Waals surface area contributed by atoms with Crippen molar-refractivity contribution in [3.63, 3.8) is 0 Å². The minimum absolute atomic E-state index is 0.0642. The van der Waals surface area contributed by atoms with Crippen LogP contribution in [0, 0.1) is 0 Å². The van der Waals surface area contributed by atoms with Crippen molar-refractivity contribution < 1.29 is 18.0 Å². The van der Waals surface area contributed by atoms with Gasteiger partial charge in [-0.3, -0.25) is 9.78 Å². The summed E-state index contributed by atoms with van der Waals surface area (Å²) >= 11 is 0. The van der Waals surface area contributed by atoms with Crippen LogP contribution in [0.15, 0.2) is 73.2 Å². The highest BCUT2D eigenvalue weighted by Gasteiger charge is 2.37. The van der Waals surface area contributed by atoms with Crippen molar-refractivity contribution >= 4 is 28.1 Å². The van der Waals surface area contributed by atoms with E-state index in [1.807, 2.05) is 43.6 Å². The van der Waals surface area contributed by atoms with E-state index in [1.54, 1.807) is 36.5 Å². The van der Waals surface area contributed by atoms with Crippen LogP contribution < -0.4 is 4.90 Å². The van der Waals surface area contributed by atoms with Gasteiger partial charge in [-0.1, -0.05) is 12.1 Å². The van der Waals surface area contributed by atoms with E-state index in [9.17, 15) is 18.0 Å². The van der Waals surface area contributed by atoms with Gasteiger partial charge in [0, 0.05) is 80.9 Å². The number of nitrogens with zero attached hydrogens (tertiary/aromatic N) is 4. The van der Waals surface area contributed by atoms with Crippen molar-refractivity contribution in [1.29, 1.82) is 0 Å². The van der Waals surface area contributed by atoms with Crippen LogP contribution in [0.1, 0.15) is 29.2 Å². The highest BCUT2D eigenvalue weighted by atomic mass is 19.4. The molecular formula is C31H30F3N5O. The molecule has 0 bridgehead atoms. The molecule has 2 aliphatic rings. The number of allylic oxidation sites excluding steroid dienone is 1. The maximum absolute atomic E-state index is 14.4. The molecule has 1 amide bonds. The standard InChI is InChI=1S/C31H30F3N5O/c1-37-11-13-39(14-12-37)29-6-4-22(16-26(29)31(32,33)34)24-18-30(40)38(2)19-25(24)28-17-21(7-9-36-28)20-3-5-27-23(15-20)8-10-35-27/h3-10,15-17,19,24,35H,11-14,18H2,1-2H3. The average molecular weight is 546 g/mol. The lowest BCUT2D eigenvalue weighted by Gasteiger charge is -2.36. The first-order valence-corrected chi connectivity index (χ1v) is 13.3. The normalized spacial score (nSPS) is 18.9. The molecule has 1 fully saturated rings. The Kier molecular flexibility index (Phi) is 6.62. The third-order valence-corrected chi connectivity index (χ3v) is 7.99. The molecule has 4 heterocycles. The van der Waals surface area contributed by atoms with E-state index in [0.29, 0.717) is 43.0 Å². The molecule has 0 radical (unpaired) electrons. The highest BCUT2D eigenvalue weighted by molar-refractivity contribution is 5.89. The molecular weight excluding hydrogens is 515 g/mol. The maximum atomic E-state index is 14.4. The summed E-state index contributed by atoms with van der Waals surface area (Å²) in [4.78, 5) is 26.0. The zero-order valence-electron chi connectivity index (χ0n) is 22.4. The number of rotatable bonds is 4. The molecule has 1 unspecified atom stereocenters. The van der Waals surface area contributed by atoms with Crippen LogP contribution >= 0.6 is 0 Å². The second kappa shape index (κ2) is 10.1. The molecule has 6 nitrogen and oxygen atoms in total. The van der Waals surface area contributed by atoms with Gasteiger partial charge in [0.25, 0.3) is 0 Å². The van der Waals surface area contributed by atoms with E-state index in [2.05, 4.69) is 20.9 Å². The Balaban J connectivity index is 1.40. The monoisotopic (exact) mass is 545 g/mol. The van der Waals surface area contributed by atoms with E-state index in [1.165, 1.54) is 11.0 Å².